The highest BCUT2D eigenvalue weighted by atomic mass is 35.5. The fraction of sp³-hybridized carbons (Fsp3) is 0.130. The number of carbonyl (C=O) groups excluding carboxylic acids is 1. The molecular formula is C23H20ClN5OS. The third kappa shape index (κ3) is 4.78. The van der Waals surface area contributed by atoms with Crippen molar-refractivity contribution in [2.45, 2.75) is 19.0 Å². The van der Waals surface area contributed by atoms with Gasteiger partial charge in [-0.1, -0.05) is 47.6 Å². The van der Waals surface area contributed by atoms with Crippen LogP contribution in [0, 0.1) is 13.8 Å². The number of benzene rings is 2. The van der Waals surface area contributed by atoms with E-state index in [0.717, 1.165) is 22.4 Å². The molecule has 0 fully saturated rings. The Balaban J connectivity index is 1.65. The van der Waals surface area contributed by atoms with Crippen LogP contribution in [0.3, 0.4) is 0 Å². The number of nitrogens with one attached hydrogen (secondary N) is 1. The van der Waals surface area contributed by atoms with E-state index in [1.807, 2.05) is 42.7 Å². The van der Waals surface area contributed by atoms with Crippen molar-refractivity contribution < 1.29 is 4.79 Å². The van der Waals surface area contributed by atoms with Gasteiger partial charge < -0.3 is 5.32 Å². The topological polar surface area (TPSA) is 72.7 Å². The van der Waals surface area contributed by atoms with Gasteiger partial charge in [-0.3, -0.25) is 14.3 Å². The minimum atomic E-state index is -0.168. The number of thioether (sulfide) groups is 1. The number of carbonyl (C=O) groups is 1. The van der Waals surface area contributed by atoms with Gasteiger partial charge in [-0.15, -0.1) is 10.2 Å². The molecule has 2 heterocycles. The third-order valence-electron chi connectivity index (χ3n) is 4.66. The predicted molar refractivity (Wildman–Crippen MR) is 125 cm³/mol. The predicted octanol–water partition coefficient (Wildman–Crippen LogP) is 5.33. The van der Waals surface area contributed by atoms with Gasteiger partial charge in [0.05, 0.1) is 22.2 Å². The summed E-state index contributed by atoms with van der Waals surface area (Å²) in [5.41, 5.74) is 4.68. The summed E-state index contributed by atoms with van der Waals surface area (Å²) >= 11 is 7.46. The highest BCUT2D eigenvalue weighted by Gasteiger charge is 2.19. The minimum Gasteiger partial charge on any atom is -0.324 e. The van der Waals surface area contributed by atoms with Gasteiger partial charge in [0.25, 0.3) is 0 Å². The molecule has 0 atom stereocenters. The number of pyridine rings is 1. The van der Waals surface area contributed by atoms with Gasteiger partial charge in [-0.2, -0.15) is 0 Å². The van der Waals surface area contributed by atoms with E-state index in [1.54, 1.807) is 24.5 Å². The normalized spacial score (nSPS) is 10.8. The van der Waals surface area contributed by atoms with Gasteiger partial charge >= 0.3 is 0 Å². The van der Waals surface area contributed by atoms with Crippen molar-refractivity contribution in [2.24, 2.45) is 0 Å². The zero-order valence-corrected chi connectivity index (χ0v) is 18.6. The molecule has 0 aliphatic rings. The van der Waals surface area contributed by atoms with Crippen LogP contribution in [0.25, 0.3) is 17.1 Å². The van der Waals surface area contributed by atoms with Gasteiger partial charge in [-0.05, 0) is 55.3 Å². The Bertz CT molecular complexity index is 1230. The number of rotatable bonds is 6. The maximum Gasteiger partial charge on any atom is 0.234 e. The number of aryl methyl sites for hydroxylation is 2. The summed E-state index contributed by atoms with van der Waals surface area (Å²) < 4.78 is 1.99. The summed E-state index contributed by atoms with van der Waals surface area (Å²) in [6.07, 6.45) is 3.45. The second-order valence-corrected chi connectivity index (χ2v) is 8.33. The molecule has 0 unspecified atom stereocenters. The van der Waals surface area contributed by atoms with E-state index < -0.39 is 0 Å². The maximum absolute atomic E-state index is 12.5. The smallest absolute Gasteiger partial charge is 0.234 e. The van der Waals surface area contributed by atoms with Crippen LogP contribution in [0.15, 0.2) is 72.1 Å². The number of hydrogen-bond acceptors (Lipinski definition) is 5. The van der Waals surface area contributed by atoms with Crippen LogP contribution in [-0.2, 0) is 4.79 Å². The third-order valence-corrected chi connectivity index (χ3v) is 5.92. The van der Waals surface area contributed by atoms with Crippen molar-refractivity contribution in [1.29, 1.82) is 0 Å². The number of anilines is 1. The molecule has 2 aromatic heterocycles. The molecule has 0 saturated heterocycles. The van der Waals surface area contributed by atoms with Crippen molar-refractivity contribution in [1.82, 2.24) is 19.7 Å². The fourth-order valence-electron chi connectivity index (χ4n) is 3.11. The van der Waals surface area contributed by atoms with E-state index >= 15 is 0 Å². The molecule has 156 valence electrons. The molecule has 8 heteroatoms. The molecular weight excluding hydrogens is 430 g/mol. The molecule has 0 aliphatic carbocycles. The summed E-state index contributed by atoms with van der Waals surface area (Å²) in [7, 11) is 0. The van der Waals surface area contributed by atoms with Crippen molar-refractivity contribution in [2.75, 3.05) is 11.1 Å². The lowest BCUT2D eigenvalue weighted by Crippen LogP contribution is -2.15. The molecule has 0 bridgehead atoms. The van der Waals surface area contributed by atoms with Crippen molar-refractivity contribution in [3.05, 3.63) is 83.1 Å². The van der Waals surface area contributed by atoms with Crippen LogP contribution < -0.4 is 5.32 Å². The van der Waals surface area contributed by atoms with E-state index in [1.165, 1.54) is 11.8 Å². The molecule has 6 nitrogen and oxygen atoms in total. The molecule has 31 heavy (non-hydrogen) atoms. The second-order valence-electron chi connectivity index (χ2n) is 6.98. The summed E-state index contributed by atoms with van der Waals surface area (Å²) in [5.74, 6) is 0.703. The quantitative estimate of drug-likeness (QED) is 0.403. The number of para-hydroxylation sites is 1. The van der Waals surface area contributed by atoms with Crippen molar-refractivity contribution in [3.63, 3.8) is 0 Å². The van der Waals surface area contributed by atoms with Crippen molar-refractivity contribution >= 4 is 35.0 Å². The number of halogens is 1. The largest absolute Gasteiger partial charge is 0.324 e. The van der Waals surface area contributed by atoms with E-state index in [4.69, 9.17) is 11.6 Å². The fourth-order valence-corrected chi connectivity index (χ4v) is 4.04. The highest BCUT2D eigenvalue weighted by Crippen LogP contribution is 2.30. The van der Waals surface area contributed by atoms with E-state index in [2.05, 4.69) is 38.7 Å². The van der Waals surface area contributed by atoms with Gasteiger partial charge in [0, 0.05) is 18.0 Å². The first-order valence-corrected chi connectivity index (χ1v) is 11.0. The van der Waals surface area contributed by atoms with Crippen LogP contribution in [0.5, 0.6) is 0 Å². The van der Waals surface area contributed by atoms with Crippen LogP contribution >= 0.6 is 23.4 Å². The molecule has 4 aromatic rings. The van der Waals surface area contributed by atoms with Gasteiger partial charge in [0.1, 0.15) is 0 Å². The lowest BCUT2D eigenvalue weighted by molar-refractivity contribution is -0.113. The Morgan fingerprint density at radius 2 is 1.84 bits per heavy atom. The first-order chi connectivity index (χ1) is 15.0. The Labute approximate surface area is 189 Å². The molecule has 0 spiro atoms. The number of aromatic nitrogens is 4. The summed E-state index contributed by atoms with van der Waals surface area (Å²) in [4.78, 5) is 16.6. The highest BCUT2D eigenvalue weighted by molar-refractivity contribution is 7.99. The number of hydrogen-bond donors (Lipinski definition) is 1. The lowest BCUT2D eigenvalue weighted by atomic mass is 10.1. The van der Waals surface area contributed by atoms with Gasteiger partial charge in [0.15, 0.2) is 11.0 Å². The SMILES string of the molecule is Cc1ccc(C)c(-n2c(SCC(=O)Nc3ccccc3Cl)nnc2-c2ccncc2)c1. The molecule has 1 N–H and O–H groups in total. The zero-order valence-electron chi connectivity index (χ0n) is 17.0. The average molecular weight is 450 g/mol. The van der Waals surface area contributed by atoms with Crippen LogP contribution in [0.4, 0.5) is 5.69 Å². The Morgan fingerprint density at radius 3 is 2.61 bits per heavy atom. The minimum absolute atomic E-state index is 0.168. The molecule has 2 aromatic carbocycles. The molecule has 0 saturated carbocycles. The molecule has 4 rings (SSSR count). The number of amides is 1. The standard InChI is InChI=1S/C23H20ClN5OS/c1-15-7-8-16(2)20(13-15)29-22(17-9-11-25-12-10-17)27-28-23(29)31-14-21(30)26-19-6-4-3-5-18(19)24/h3-13H,14H2,1-2H3,(H,26,30). The van der Waals surface area contributed by atoms with Crippen LogP contribution in [0.1, 0.15) is 11.1 Å². The Kier molecular flexibility index (Phi) is 6.34. The summed E-state index contributed by atoms with van der Waals surface area (Å²) in [6.45, 7) is 4.09. The molecule has 0 aliphatic heterocycles. The number of nitrogens with zero attached hydrogens (tertiary/aromatic N) is 4. The monoisotopic (exact) mass is 449 g/mol. The van der Waals surface area contributed by atoms with Gasteiger partial charge in [-0.25, -0.2) is 0 Å². The summed E-state index contributed by atoms with van der Waals surface area (Å²) in [5, 5.41) is 12.8. The molecule has 0 radical (unpaired) electrons. The van der Waals surface area contributed by atoms with E-state index in [9.17, 15) is 4.79 Å². The summed E-state index contributed by atoms with van der Waals surface area (Å²) in [6, 6.07) is 17.2. The van der Waals surface area contributed by atoms with Crippen LogP contribution in [0.2, 0.25) is 5.02 Å². The van der Waals surface area contributed by atoms with Crippen LogP contribution in [-0.4, -0.2) is 31.4 Å². The first-order valence-electron chi connectivity index (χ1n) is 9.63. The zero-order chi connectivity index (χ0) is 21.8. The van der Waals surface area contributed by atoms with E-state index in [0.29, 0.717) is 21.7 Å². The maximum atomic E-state index is 12.5. The Morgan fingerprint density at radius 1 is 1.06 bits per heavy atom. The average Bonchev–Trinajstić information content (AvgIpc) is 3.20. The van der Waals surface area contributed by atoms with Gasteiger partial charge in [0.2, 0.25) is 5.91 Å². The lowest BCUT2D eigenvalue weighted by Gasteiger charge is -2.14. The van der Waals surface area contributed by atoms with E-state index in [-0.39, 0.29) is 11.7 Å². The van der Waals surface area contributed by atoms with Crippen molar-refractivity contribution in [3.8, 4) is 17.1 Å². The Hall–Kier alpha value is -3.16. The molecule has 1 amide bonds. The first kappa shape index (κ1) is 21.1. The second kappa shape index (κ2) is 9.32.